The van der Waals surface area contributed by atoms with Crippen molar-refractivity contribution in [1.82, 2.24) is 24.9 Å². The van der Waals surface area contributed by atoms with Gasteiger partial charge in [0.2, 0.25) is 5.91 Å². The van der Waals surface area contributed by atoms with Gasteiger partial charge in [-0.05, 0) is 93.4 Å². The lowest BCUT2D eigenvalue weighted by molar-refractivity contribution is -0.140. The van der Waals surface area contributed by atoms with Crippen LogP contribution in [0.2, 0.25) is 10.0 Å². The van der Waals surface area contributed by atoms with Crippen molar-refractivity contribution in [3.63, 3.8) is 0 Å². The Kier molecular flexibility index (Phi) is 10.3. The van der Waals surface area contributed by atoms with Gasteiger partial charge in [-0.25, -0.2) is 9.59 Å². The Morgan fingerprint density at radius 2 is 1.65 bits per heavy atom. The Morgan fingerprint density at radius 1 is 0.957 bits per heavy atom. The number of nitrogens with one attached hydrogen (secondary N) is 2. The quantitative estimate of drug-likeness (QED) is 0.401. The molecule has 4 heterocycles. The van der Waals surface area contributed by atoms with E-state index in [4.69, 9.17) is 23.2 Å². The number of rotatable bonds is 6. The predicted octanol–water partition coefficient (Wildman–Crippen LogP) is 4.96. The lowest BCUT2D eigenvalue weighted by atomic mass is 9.82. The smallest absolute Gasteiger partial charge is 0.407 e. The molecular formula is C34H44Cl2N6O4. The van der Waals surface area contributed by atoms with Crippen LogP contribution in [0.3, 0.4) is 0 Å². The highest BCUT2D eigenvalue weighted by atomic mass is 35.5. The normalized spacial score (nSPS) is 23.8. The maximum absolute atomic E-state index is 14.6. The monoisotopic (exact) mass is 670 g/mol. The summed E-state index contributed by atoms with van der Waals surface area (Å²) >= 11 is 13.1. The van der Waals surface area contributed by atoms with E-state index in [-0.39, 0.29) is 24.5 Å². The van der Waals surface area contributed by atoms with E-state index in [9.17, 15) is 19.5 Å². The zero-order chi connectivity index (χ0) is 32.4. The largest absolute Gasteiger partial charge is 0.465 e. The number of carboxylic acid groups (broad SMARTS) is 1. The maximum atomic E-state index is 14.6. The van der Waals surface area contributed by atoms with Crippen molar-refractivity contribution >= 4 is 46.9 Å². The molecule has 4 aliphatic rings. The molecular weight excluding hydrogens is 627 g/mol. The first-order valence-corrected chi connectivity index (χ1v) is 17.3. The number of piperidine rings is 2. The second-order valence-corrected chi connectivity index (χ2v) is 13.9. The third-order valence-corrected chi connectivity index (χ3v) is 11.3. The van der Waals surface area contributed by atoms with E-state index in [1.54, 1.807) is 0 Å². The lowest BCUT2D eigenvalue weighted by Crippen LogP contribution is -2.60. The Morgan fingerprint density at radius 3 is 2.35 bits per heavy atom. The fourth-order valence-corrected chi connectivity index (χ4v) is 8.32. The molecule has 2 aromatic carbocycles. The molecule has 2 unspecified atom stereocenters. The Balaban J connectivity index is 1.26. The highest BCUT2D eigenvalue weighted by Crippen LogP contribution is 2.34. The van der Waals surface area contributed by atoms with Crippen LogP contribution < -0.4 is 10.6 Å². The number of urea groups is 1. The summed E-state index contributed by atoms with van der Waals surface area (Å²) in [7, 11) is 0. The molecule has 10 nitrogen and oxygen atoms in total. The van der Waals surface area contributed by atoms with Gasteiger partial charge in [-0.3, -0.25) is 9.69 Å². The highest BCUT2D eigenvalue weighted by Gasteiger charge is 2.44. The number of fused-ring (bicyclic) bond motifs is 1. The molecule has 46 heavy (non-hydrogen) atoms. The minimum Gasteiger partial charge on any atom is -0.465 e. The van der Waals surface area contributed by atoms with Gasteiger partial charge in [-0.2, -0.15) is 0 Å². The highest BCUT2D eigenvalue weighted by molar-refractivity contribution is 6.36. The van der Waals surface area contributed by atoms with Crippen molar-refractivity contribution in [2.45, 2.75) is 63.6 Å². The number of halogens is 2. The summed E-state index contributed by atoms with van der Waals surface area (Å²) in [5.74, 6) is -0.714. The van der Waals surface area contributed by atoms with Crippen LogP contribution in [0.15, 0.2) is 36.4 Å². The van der Waals surface area contributed by atoms with Crippen LogP contribution in [-0.2, 0) is 17.6 Å². The number of carbonyl (C=O) groups is 3. The molecule has 0 saturated carbocycles. The van der Waals surface area contributed by atoms with Crippen molar-refractivity contribution < 1.29 is 19.5 Å². The fraction of sp³-hybridized carbons (Fsp3) is 0.559. The average Bonchev–Trinajstić information content (AvgIpc) is 3.24. The molecule has 2 aromatic rings. The third-order valence-electron chi connectivity index (χ3n) is 10.5. The predicted molar refractivity (Wildman–Crippen MR) is 180 cm³/mol. The summed E-state index contributed by atoms with van der Waals surface area (Å²) in [6, 6.07) is 11.0. The van der Waals surface area contributed by atoms with Crippen LogP contribution in [0, 0.1) is 12.8 Å². The van der Waals surface area contributed by atoms with Gasteiger partial charge < -0.3 is 30.4 Å². The Hall–Kier alpha value is -3.05. The van der Waals surface area contributed by atoms with E-state index in [0.717, 1.165) is 61.4 Å². The second kappa shape index (κ2) is 14.4. The van der Waals surface area contributed by atoms with Gasteiger partial charge in [0.1, 0.15) is 0 Å². The van der Waals surface area contributed by atoms with Crippen molar-refractivity contribution in [2.75, 3.05) is 57.7 Å². The minimum absolute atomic E-state index is 0.0533. The van der Waals surface area contributed by atoms with Crippen LogP contribution >= 0.6 is 23.2 Å². The van der Waals surface area contributed by atoms with Crippen molar-refractivity contribution in [2.24, 2.45) is 5.92 Å². The topological polar surface area (TPSA) is 108 Å². The van der Waals surface area contributed by atoms with E-state index in [0.29, 0.717) is 61.4 Å². The third kappa shape index (κ3) is 7.10. The van der Waals surface area contributed by atoms with Crippen LogP contribution in [0.25, 0.3) is 0 Å². The summed E-state index contributed by atoms with van der Waals surface area (Å²) in [5.41, 5.74) is 3.44. The first-order chi connectivity index (χ1) is 22.2. The molecule has 12 heteroatoms. The number of carbonyl (C=O) groups excluding carboxylic acids is 2. The van der Waals surface area contributed by atoms with Crippen LogP contribution in [0.1, 0.15) is 42.4 Å². The molecule has 0 radical (unpaired) electrons. The number of benzene rings is 2. The molecule has 0 bridgehead atoms. The van der Waals surface area contributed by atoms with Gasteiger partial charge in [-0.15, -0.1) is 0 Å². The molecule has 4 amide bonds. The number of amides is 4. The summed E-state index contributed by atoms with van der Waals surface area (Å²) in [4.78, 5) is 48.4. The van der Waals surface area contributed by atoms with E-state index in [2.05, 4.69) is 15.5 Å². The lowest BCUT2D eigenvalue weighted by Gasteiger charge is -2.46. The number of likely N-dealkylation sites (tertiary alicyclic amines) is 1. The van der Waals surface area contributed by atoms with Crippen LogP contribution in [0.5, 0.6) is 0 Å². The van der Waals surface area contributed by atoms with Gasteiger partial charge in [0.05, 0.1) is 5.92 Å². The van der Waals surface area contributed by atoms with Gasteiger partial charge in [0.25, 0.3) is 0 Å². The van der Waals surface area contributed by atoms with Crippen LogP contribution in [0.4, 0.5) is 15.3 Å². The molecule has 3 fully saturated rings. The van der Waals surface area contributed by atoms with Crippen LogP contribution in [-0.4, -0.2) is 113 Å². The molecule has 3 atom stereocenters. The zero-order valence-electron chi connectivity index (χ0n) is 26.4. The SMILES string of the molecule is Cc1c(Cl)cc(CC(C(=O)N2CCN(C3CCNCC3)CC2)[C@H]2CC(N3CCc4ccccc4NC3=O)CCN2C(=O)O)cc1Cl. The number of anilines is 1. The van der Waals surface area contributed by atoms with Crippen molar-refractivity contribution in [1.29, 1.82) is 0 Å². The number of piperazine rings is 1. The molecule has 0 spiro atoms. The van der Waals surface area contributed by atoms with Crippen molar-refractivity contribution in [3.8, 4) is 0 Å². The maximum Gasteiger partial charge on any atom is 0.407 e. The molecule has 0 aromatic heterocycles. The van der Waals surface area contributed by atoms with E-state index in [1.165, 1.54) is 4.90 Å². The van der Waals surface area contributed by atoms with Gasteiger partial charge >= 0.3 is 12.1 Å². The standard InChI is InChI=1S/C34H44Cl2N6O4/c1-22-28(35)19-23(20-29(22)36)18-27(32(43)40-16-14-39(15-17-40)25-6-10-37-11-7-25)31-21-26(9-13-42(31)34(45)46)41-12-8-24-4-2-3-5-30(24)38-33(41)44/h2-5,19-20,25-27,31,37H,6-18,21H2,1H3,(H,38,44)(H,45,46)/t26?,27?,31-/m1/s1. The first kappa shape index (κ1) is 32.9. The number of para-hydroxylation sites is 1. The minimum atomic E-state index is -1.05. The van der Waals surface area contributed by atoms with E-state index >= 15 is 0 Å². The van der Waals surface area contributed by atoms with Crippen molar-refractivity contribution in [3.05, 3.63) is 63.1 Å². The molecule has 4 aliphatic heterocycles. The molecule has 0 aliphatic carbocycles. The number of hydrogen-bond donors (Lipinski definition) is 3. The molecule has 3 saturated heterocycles. The summed E-state index contributed by atoms with van der Waals surface area (Å²) < 4.78 is 0. The first-order valence-electron chi connectivity index (χ1n) is 16.5. The zero-order valence-corrected chi connectivity index (χ0v) is 27.9. The average molecular weight is 672 g/mol. The molecule has 6 rings (SSSR count). The van der Waals surface area contributed by atoms with Gasteiger partial charge in [-0.1, -0.05) is 41.4 Å². The van der Waals surface area contributed by atoms with Gasteiger partial charge in [0.15, 0.2) is 0 Å². The summed E-state index contributed by atoms with van der Waals surface area (Å²) in [6.45, 7) is 7.45. The fourth-order valence-electron chi connectivity index (χ4n) is 7.79. The van der Waals surface area contributed by atoms with E-state index < -0.39 is 18.1 Å². The van der Waals surface area contributed by atoms with E-state index in [1.807, 2.05) is 53.1 Å². The van der Waals surface area contributed by atoms with Gasteiger partial charge in [0, 0.05) is 73.1 Å². The Bertz CT molecular complexity index is 1420. The molecule has 3 N–H and O–H groups in total. The number of hydrogen-bond acceptors (Lipinski definition) is 5. The molecule has 248 valence electrons. The summed E-state index contributed by atoms with van der Waals surface area (Å²) in [6.07, 6.45) is 3.04. The Labute approximate surface area is 281 Å². The second-order valence-electron chi connectivity index (χ2n) is 13.1. The number of nitrogens with zero attached hydrogens (tertiary/aromatic N) is 4. The summed E-state index contributed by atoms with van der Waals surface area (Å²) in [5, 5.41) is 17.9.